The lowest BCUT2D eigenvalue weighted by Gasteiger charge is -2.09. The van der Waals surface area contributed by atoms with Crippen LogP contribution < -0.4 is 5.32 Å². The molecule has 0 bridgehead atoms. The molecule has 1 atom stereocenters. The van der Waals surface area contributed by atoms with Crippen molar-refractivity contribution in [2.24, 2.45) is 0 Å². The van der Waals surface area contributed by atoms with Gasteiger partial charge >= 0.3 is 5.97 Å². The first-order valence-corrected chi connectivity index (χ1v) is 9.85. The summed E-state index contributed by atoms with van der Waals surface area (Å²) in [7, 11) is 0. The van der Waals surface area contributed by atoms with Gasteiger partial charge in [0.1, 0.15) is 6.04 Å². The summed E-state index contributed by atoms with van der Waals surface area (Å²) in [6.07, 6.45) is 19.2. The Morgan fingerprint density at radius 1 is 1.04 bits per heavy atom. The Kier molecular flexibility index (Phi) is 12.1. The second-order valence-electron chi connectivity index (χ2n) is 6.70. The SMILES string of the molecule is CCCCCCCCCC/C=C/CCCOC(=O)[C@@H]1CCC(=O)N1. The minimum atomic E-state index is -0.421. The van der Waals surface area contributed by atoms with E-state index in [9.17, 15) is 9.59 Å². The molecule has 0 aromatic rings. The van der Waals surface area contributed by atoms with Gasteiger partial charge < -0.3 is 10.1 Å². The Balaban J connectivity index is 1.83. The van der Waals surface area contributed by atoms with Crippen molar-refractivity contribution < 1.29 is 14.3 Å². The maximum Gasteiger partial charge on any atom is 0.328 e. The highest BCUT2D eigenvalue weighted by molar-refractivity contribution is 5.87. The lowest BCUT2D eigenvalue weighted by atomic mass is 10.1. The van der Waals surface area contributed by atoms with Crippen LogP contribution in [0.15, 0.2) is 12.2 Å². The van der Waals surface area contributed by atoms with Gasteiger partial charge in [-0.2, -0.15) is 0 Å². The number of ether oxygens (including phenoxy) is 1. The molecular weight excluding hydrogens is 302 g/mol. The second kappa shape index (κ2) is 14.1. The molecule has 1 fully saturated rings. The van der Waals surface area contributed by atoms with Crippen molar-refractivity contribution in [3.63, 3.8) is 0 Å². The average molecular weight is 338 g/mol. The summed E-state index contributed by atoms with van der Waals surface area (Å²) >= 11 is 0. The zero-order valence-corrected chi connectivity index (χ0v) is 15.4. The van der Waals surface area contributed by atoms with Crippen molar-refractivity contribution in [1.82, 2.24) is 5.32 Å². The lowest BCUT2D eigenvalue weighted by Crippen LogP contribution is -2.34. The van der Waals surface area contributed by atoms with E-state index in [2.05, 4.69) is 24.4 Å². The minimum absolute atomic E-state index is 0.0548. The predicted molar refractivity (Wildman–Crippen MR) is 97.7 cm³/mol. The molecule has 0 radical (unpaired) electrons. The molecule has 1 aliphatic heterocycles. The zero-order chi connectivity index (χ0) is 17.5. The average Bonchev–Trinajstić information content (AvgIpc) is 3.01. The number of rotatable bonds is 14. The monoisotopic (exact) mass is 337 g/mol. The first-order valence-electron chi connectivity index (χ1n) is 9.85. The van der Waals surface area contributed by atoms with Gasteiger partial charge in [-0.3, -0.25) is 4.79 Å². The molecule has 0 spiro atoms. The van der Waals surface area contributed by atoms with Crippen molar-refractivity contribution >= 4 is 11.9 Å². The van der Waals surface area contributed by atoms with Crippen LogP contribution in [0.2, 0.25) is 0 Å². The number of unbranched alkanes of at least 4 members (excludes halogenated alkanes) is 9. The van der Waals surface area contributed by atoms with Crippen LogP contribution in [0.3, 0.4) is 0 Å². The highest BCUT2D eigenvalue weighted by Gasteiger charge is 2.28. The van der Waals surface area contributed by atoms with Crippen molar-refractivity contribution in [2.45, 2.75) is 96.4 Å². The summed E-state index contributed by atoms with van der Waals surface area (Å²) in [5.74, 6) is -0.343. The normalized spacial score (nSPS) is 17.4. The van der Waals surface area contributed by atoms with Crippen molar-refractivity contribution in [3.8, 4) is 0 Å². The molecule has 1 aliphatic rings. The molecule has 0 aromatic carbocycles. The van der Waals surface area contributed by atoms with Crippen LogP contribution in [-0.4, -0.2) is 24.5 Å². The van der Waals surface area contributed by atoms with E-state index in [1.165, 1.54) is 51.4 Å². The number of hydrogen-bond donors (Lipinski definition) is 1. The topological polar surface area (TPSA) is 55.4 Å². The Hall–Kier alpha value is -1.32. The van der Waals surface area contributed by atoms with Crippen LogP contribution in [-0.2, 0) is 14.3 Å². The third-order valence-electron chi connectivity index (χ3n) is 4.43. The van der Waals surface area contributed by atoms with Gasteiger partial charge in [0.2, 0.25) is 5.91 Å². The van der Waals surface area contributed by atoms with Crippen LogP contribution >= 0.6 is 0 Å². The number of carbonyl (C=O) groups excluding carboxylic acids is 2. The highest BCUT2D eigenvalue weighted by atomic mass is 16.5. The molecular formula is C20H35NO3. The fourth-order valence-electron chi connectivity index (χ4n) is 2.90. The summed E-state index contributed by atoms with van der Waals surface area (Å²) in [6, 6.07) is -0.421. The summed E-state index contributed by atoms with van der Waals surface area (Å²) < 4.78 is 5.19. The summed E-state index contributed by atoms with van der Waals surface area (Å²) in [5.41, 5.74) is 0. The van der Waals surface area contributed by atoms with E-state index >= 15 is 0 Å². The smallest absolute Gasteiger partial charge is 0.328 e. The second-order valence-corrected chi connectivity index (χ2v) is 6.70. The Labute approximate surface area is 147 Å². The molecule has 0 unspecified atom stereocenters. The third kappa shape index (κ3) is 10.5. The van der Waals surface area contributed by atoms with E-state index in [0.717, 1.165) is 19.3 Å². The molecule has 1 saturated heterocycles. The molecule has 0 aromatic heterocycles. The third-order valence-corrected chi connectivity index (χ3v) is 4.43. The van der Waals surface area contributed by atoms with Gasteiger partial charge in [-0.15, -0.1) is 0 Å². The van der Waals surface area contributed by atoms with Gasteiger partial charge in [-0.25, -0.2) is 4.79 Å². The maximum absolute atomic E-state index is 11.7. The Bertz CT molecular complexity index is 379. The van der Waals surface area contributed by atoms with Crippen LogP contribution in [0.4, 0.5) is 0 Å². The molecule has 138 valence electrons. The number of hydrogen-bond acceptors (Lipinski definition) is 3. The lowest BCUT2D eigenvalue weighted by molar-refractivity contribution is -0.146. The summed E-state index contributed by atoms with van der Waals surface area (Å²) in [6.45, 7) is 2.69. The van der Waals surface area contributed by atoms with E-state index in [1.807, 2.05) is 0 Å². The van der Waals surface area contributed by atoms with Gasteiger partial charge in [-0.1, -0.05) is 64.0 Å². The van der Waals surface area contributed by atoms with Crippen LogP contribution in [0.1, 0.15) is 90.4 Å². The van der Waals surface area contributed by atoms with E-state index in [0.29, 0.717) is 19.4 Å². The van der Waals surface area contributed by atoms with E-state index in [4.69, 9.17) is 4.74 Å². The number of nitrogens with one attached hydrogen (secondary N) is 1. The predicted octanol–water partition coefficient (Wildman–Crippen LogP) is 4.68. The van der Waals surface area contributed by atoms with Gasteiger partial charge in [0.15, 0.2) is 0 Å². The quantitative estimate of drug-likeness (QED) is 0.284. The zero-order valence-electron chi connectivity index (χ0n) is 15.4. The van der Waals surface area contributed by atoms with Crippen molar-refractivity contribution in [1.29, 1.82) is 0 Å². The molecule has 1 rings (SSSR count). The summed E-state index contributed by atoms with van der Waals surface area (Å²) in [4.78, 5) is 22.7. The van der Waals surface area contributed by atoms with Gasteiger partial charge in [0.25, 0.3) is 0 Å². The first-order chi connectivity index (χ1) is 11.7. The highest BCUT2D eigenvalue weighted by Crippen LogP contribution is 2.10. The Morgan fingerprint density at radius 2 is 1.67 bits per heavy atom. The molecule has 0 aliphatic carbocycles. The van der Waals surface area contributed by atoms with E-state index < -0.39 is 6.04 Å². The Morgan fingerprint density at radius 3 is 2.29 bits per heavy atom. The molecule has 1 N–H and O–H groups in total. The maximum atomic E-state index is 11.7. The fraction of sp³-hybridized carbons (Fsp3) is 0.800. The van der Waals surface area contributed by atoms with Crippen molar-refractivity contribution in [2.75, 3.05) is 6.61 Å². The summed E-state index contributed by atoms with van der Waals surface area (Å²) in [5, 5.41) is 2.63. The standard InChI is InChI=1S/C20H35NO3/c1-2-3-4-5-6-7-8-9-10-11-12-13-14-17-24-20(23)18-15-16-19(22)21-18/h11-12,18H,2-10,13-17H2,1H3,(H,21,22)/b12-11+/t18-/m0/s1. The largest absolute Gasteiger partial charge is 0.464 e. The number of allylic oxidation sites excluding steroid dienone is 2. The van der Waals surface area contributed by atoms with Gasteiger partial charge in [0.05, 0.1) is 6.61 Å². The number of amides is 1. The molecule has 4 heteroatoms. The molecule has 0 saturated carbocycles. The minimum Gasteiger partial charge on any atom is -0.464 e. The van der Waals surface area contributed by atoms with Crippen molar-refractivity contribution in [3.05, 3.63) is 12.2 Å². The van der Waals surface area contributed by atoms with Crippen LogP contribution in [0.25, 0.3) is 0 Å². The van der Waals surface area contributed by atoms with E-state index in [-0.39, 0.29) is 11.9 Å². The fourth-order valence-corrected chi connectivity index (χ4v) is 2.90. The molecule has 4 nitrogen and oxygen atoms in total. The van der Waals surface area contributed by atoms with Gasteiger partial charge in [-0.05, 0) is 32.1 Å². The van der Waals surface area contributed by atoms with Crippen LogP contribution in [0.5, 0.6) is 0 Å². The molecule has 1 heterocycles. The van der Waals surface area contributed by atoms with E-state index in [1.54, 1.807) is 0 Å². The molecule has 1 amide bonds. The number of carbonyl (C=O) groups is 2. The first kappa shape index (κ1) is 20.7. The van der Waals surface area contributed by atoms with Gasteiger partial charge in [0, 0.05) is 6.42 Å². The van der Waals surface area contributed by atoms with Crippen LogP contribution in [0, 0.1) is 0 Å². The number of esters is 1. The molecule has 24 heavy (non-hydrogen) atoms.